The third-order valence-corrected chi connectivity index (χ3v) is 2.11. The average Bonchev–Trinajstić information content (AvgIpc) is 2.65. The van der Waals surface area contributed by atoms with Crippen LogP contribution in [0.4, 0.5) is 0 Å². The van der Waals surface area contributed by atoms with Gasteiger partial charge in [-0.05, 0) is 25.1 Å². The number of carbonyl (C=O) groups is 1. The van der Waals surface area contributed by atoms with Crippen molar-refractivity contribution in [1.82, 2.24) is 5.32 Å². The SMILES string of the molecule is CCc1ccc(CNCCCC(=O)O)o1. The molecule has 1 heterocycles. The molecule has 0 fully saturated rings. The molecule has 0 amide bonds. The molecule has 0 aliphatic heterocycles. The molecule has 1 aromatic heterocycles. The number of furan rings is 1. The molecule has 2 N–H and O–H groups in total. The molecular weight excluding hydrogens is 194 g/mol. The third kappa shape index (κ3) is 4.65. The van der Waals surface area contributed by atoms with Crippen LogP contribution >= 0.6 is 0 Å². The topological polar surface area (TPSA) is 62.5 Å². The molecule has 0 spiro atoms. The highest BCUT2D eigenvalue weighted by atomic mass is 16.4. The molecule has 0 atom stereocenters. The van der Waals surface area contributed by atoms with Gasteiger partial charge in [-0.25, -0.2) is 0 Å². The highest BCUT2D eigenvalue weighted by Crippen LogP contribution is 2.07. The highest BCUT2D eigenvalue weighted by Gasteiger charge is 2.00. The monoisotopic (exact) mass is 211 g/mol. The van der Waals surface area contributed by atoms with Gasteiger partial charge in [-0.2, -0.15) is 0 Å². The van der Waals surface area contributed by atoms with Crippen LogP contribution in [-0.4, -0.2) is 17.6 Å². The molecule has 0 unspecified atom stereocenters. The molecule has 0 bridgehead atoms. The zero-order valence-corrected chi connectivity index (χ0v) is 8.95. The summed E-state index contributed by atoms with van der Waals surface area (Å²) in [5.74, 6) is 1.14. The summed E-state index contributed by atoms with van der Waals surface area (Å²) in [6.45, 7) is 3.41. The second-order valence-electron chi connectivity index (χ2n) is 3.40. The van der Waals surface area contributed by atoms with Gasteiger partial charge in [-0.15, -0.1) is 0 Å². The molecular formula is C11H17NO3. The van der Waals surface area contributed by atoms with Gasteiger partial charge in [0.2, 0.25) is 0 Å². The average molecular weight is 211 g/mol. The van der Waals surface area contributed by atoms with Gasteiger partial charge in [0.1, 0.15) is 11.5 Å². The number of aryl methyl sites for hydroxylation is 1. The molecule has 0 aliphatic rings. The highest BCUT2D eigenvalue weighted by molar-refractivity contribution is 5.66. The largest absolute Gasteiger partial charge is 0.481 e. The fourth-order valence-corrected chi connectivity index (χ4v) is 1.28. The summed E-state index contributed by atoms with van der Waals surface area (Å²) < 4.78 is 5.48. The lowest BCUT2D eigenvalue weighted by atomic mass is 10.3. The smallest absolute Gasteiger partial charge is 0.303 e. The first-order valence-corrected chi connectivity index (χ1v) is 5.22. The first kappa shape index (κ1) is 11.8. The van der Waals surface area contributed by atoms with Gasteiger partial charge in [0, 0.05) is 12.8 Å². The van der Waals surface area contributed by atoms with Crippen LogP contribution in [0.1, 0.15) is 31.3 Å². The molecule has 0 radical (unpaired) electrons. The van der Waals surface area contributed by atoms with Crippen molar-refractivity contribution in [2.75, 3.05) is 6.54 Å². The van der Waals surface area contributed by atoms with E-state index in [0.29, 0.717) is 19.5 Å². The number of hydrogen-bond acceptors (Lipinski definition) is 3. The predicted octanol–water partition coefficient (Wildman–Crippen LogP) is 1.80. The molecule has 1 rings (SSSR count). The van der Waals surface area contributed by atoms with Crippen molar-refractivity contribution in [3.63, 3.8) is 0 Å². The Labute approximate surface area is 89.3 Å². The lowest BCUT2D eigenvalue weighted by Crippen LogP contribution is -2.15. The first-order valence-electron chi connectivity index (χ1n) is 5.22. The summed E-state index contributed by atoms with van der Waals surface area (Å²) in [4.78, 5) is 10.2. The van der Waals surface area contributed by atoms with Crippen molar-refractivity contribution in [3.8, 4) is 0 Å². The van der Waals surface area contributed by atoms with E-state index in [9.17, 15) is 4.79 Å². The van der Waals surface area contributed by atoms with Gasteiger partial charge in [-0.3, -0.25) is 4.79 Å². The Morgan fingerprint density at radius 3 is 2.80 bits per heavy atom. The van der Waals surface area contributed by atoms with Gasteiger partial charge in [0.25, 0.3) is 0 Å². The summed E-state index contributed by atoms with van der Waals surface area (Å²) in [6, 6.07) is 3.91. The van der Waals surface area contributed by atoms with E-state index in [2.05, 4.69) is 5.32 Å². The van der Waals surface area contributed by atoms with Crippen molar-refractivity contribution in [2.24, 2.45) is 0 Å². The van der Waals surface area contributed by atoms with E-state index in [1.807, 2.05) is 19.1 Å². The number of carboxylic acids is 1. The Morgan fingerprint density at radius 2 is 2.20 bits per heavy atom. The van der Waals surface area contributed by atoms with E-state index in [1.165, 1.54) is 0 Å². The first-order chi connectivity index (χ1) is 7.22. The van der Waals surface area contributed by atoms with E-state index >= 15 is 0 Å². The number of hydrogen-bond donors (Lipinski definition) is 2. The predicted molar refractivity (Wildman–Crippen MR) is 56.7 cm³/mol. The van der Waals surface area contributed by atoms with Crippen molar-refractivity contribution in [2.45, 2.75) is 32.7 Å². The van der Waals surface area contributed by atoms with E-state index in [4.69, 9.17) is 9.52 Å². The Kier molecular flexibility index (Phi) is 4.90. The lowest BCUT2D eigenvalue weighted by Gasteiger charge is -2.00. The van der Waals surface area contributed by atoms with Crippen LogP contribution in [0.25, 0.3) is 0 Å². The van der Waals surface area contributed by atoms with Crippen LogP contribution in [0.5, 0.6) is 0 Å². The number of carboxylic acid groups (broad SMARTS) is 1. The maximum Gasteiger partial charge on any atom is 0.303 e. The zero-order chi connectivity index (χ0) is 11.1. The summed E-state index contributed by atoms with van der Waals surface area (Å²) in [5, 5.41) is 11.6. The summed E-state index contributed by atoms with van der Waals surface area (Å²) >= 11 is 0. The number of rotatable bonds is 7. The maximum absolute atomic E-state index is 10.2. The Morgan fingerprint density at radius 1 is 1.47 bits per heavy atom. The van der Waals surface area contributed by atoms with E-state index in [0.717, 1.165) is 17.9 Å². The van der Waals surface area contributed by atoms with Gasteiger partial charge < -0.3 is 14.8 Å². The quantitative estimate of drug-likeness (QED) is 0.675. The number of nitrogens with one attached hydrogen (secondary N) is 1. The molecule has 84 valence electrons. The second kappa shape index (κ2) is 6.24. The van der Waals surface area contributed by atoms with Crippen LogP contribution in [0.15, 0.2) is 16.5 Å². The van der Waals surface area contributed by atoms with Crippen molar-refractivity contribution < 1.29 is 14.3 Å². The van der Waals surface area contributed by atoms with Crippen LogP contribution in [0.3, 0.4) is 0 Å². The van der Waals surface area contributed by atoms with Crippen LogP contribution in [0, 0.1) is 0 Å². The van der Waals surface area contributed by atoms with Gasteiger partial charge in [0.05, 0.1) is 6.54 Å². The van der Waals surface area contributed by atoms with Crippen molar-refractivity contribution in [3.05, 3.63) is 23.7 Å². The Hall–Kier alpha value is -1.29. The van der Waals surface area contributed by atoms with Gasteiger partial charge in [-0.1, -0.05) is 6.92 Å². The molecule has 0 saturated heterocycles. The number of aliphatic carboxylic acids is 1. The molecule has 4 nitrogen and oxygen atoms in total. The Balaban J connectivity index is 2.12. The third-order valence-electron chi connectivity index (χ3n) is 2.11. The molecule has 15 heavy (non-hydrogen) atoms. The minimum absolute atomic E-state index is 0.214. The molecule has 0 aliphatic carbocycles. The van der Waals surface area contributed by atoms with E-state index in [1.54, 1.807) is 0 Å². The zero-order valence-electron chi connectivity index (χ0n) is 8.95. The summed E-state index contributed by atoms with van der Waals surface area (Å²) in [6.07, 6.45) is 1.76. The lowest BCUT2D eigenvalue weighted by molar-refractivity contribution is -0.137. The normalized spacial score (nSPS) is 10.5. The van der Waals surface area contributed by atoms with Crippen LogP contribution in [0.2, 0.25) is 0 Å². The fraction of sp³-hybridized carbons (Fsp3) is 0.545. The van der Waals surface area contributed by atoms with Crippen molar-refractivity contribution in [1.29, 1.82) is 0 Å². The standard InChI is InChI=1S/C11H17NO3/c1-2-9-5-6-10(15-9)8-12-7-3-4-11(13)14/h5-6,12H,2-4,7-8H2,1H3,(H,13,14). The summed E-state index contributed by atoms with van der Waals surface area (Å²) in [7, 11) is 0. The maximum atomic E-state index is 10.2. The minimum atomic E-state index is -0.747. The molecule has 0 aromatic carbocycles. The Bertz CT molecular complexity index is 307. The fourth-order valence-electron chi connectivity index (χ4n) is 1.28. The molecule has 1 aromatic rings. The molecule has 0 saturated carbocycles. The second-order valence-corrected chi connectivity index (χ2v) is 3.40. The van der Waals surface area contributed by atoms with Crippen LogP contribution < -0.4 is 5.32 Å². The van der Waals surface area contributed by atoms with E-state index in [-0.39, 0.29) is 6.42 Å². The van der Waals surface area contributed by atoms with Gasteiger partial charge >= 0.3 is 5.97 Å². The van der Waals surface area contributed by atoms with E-state index < -0.39 is 5.97 Å². The molecule has 4 heteroatoms. The van der Waals surface area contributed by atoms with Crippen molar-refractivity contribution >= 4 is 5.97 Å². The van der Waals surface area contributed by atoms with Crippen LogP contribution in [-0.2, 0) is 17.8 Å². The van der Waals surface area contributed by atoms with Gasteiger partial charge in [0.15, 0.2) is 0 Å². The minimum Gasteiger partial charge on any atom is -0.481 e. The summed E-state index contributed by atoms with van der Waals surface area (Å²) in [5.41, 5.74) is 0.